The van der Waals surface area contributed by atoms with E-state index in [1.165, 1.54) is 11.6 Å². The summed E-state index contributed by atoms with van der Waals surface area (Å²) >= 11 is 0. The van der Waals surface area contributed by atoms with Crippen LogP contribution in [0.15, 0.2) is 48.5 Å². The normalized spacial score (nSPS) is 16.5. The minimum atomic E-state index is -1.08. The summed E-state index contributed by atoms with van der Waals surface area (Å²) in [6.45, 7) is 4.18. The number of aliphatic carboxylic acids is 1. The standard InChI is InChI=1S/C20H24FN3O2/c21-17-12-16(13-18(22)20(25)26)6-7-19(17)24-10-8-23(9-11-24)14-15-4-2-1-3-5-15/h1-7,12,18H,8-11,13-14,22H2,(H,25,26). The maximum atomic E-state index is 14.5. The molecule has 0 bridgehead atoms. The molecule has 1 fully saturated rings. The Bertz CT molecular complexity index is 746. The molecule has 138 valence electrons. The van der Waals surface area contributed by atoms with Gasteiger partial charge in [0.25, 0.3) is 0 Å². The molecule has 2 aromatic carbocycles. The van der Waals surface area contributed by atoms with Gasteiger partial charge in [-0.15, -0.1) is 0 Å². The van der Waals surface area contributed by atoms with E-state index < -0.39 is 12.0 Å². The van der Waals surface area contributed by atoms with Gasteiger partial charge < -0.3 is 15.7 Å². The maximum absolute atomic E-state index is 14.5. The van der Waals surface area contributed by atoms with E-state index in [-0.39, 0.29) is 12.2 Å². The SMILES string of the molecule is NC(Cc1ccc(N2CCN(Cc3ccccc3)CC2)c(F)c1)C(=O)O. The molecule has 0 radical (unpaired) electrons. The molecule has 3 rings (SSSR count). The second-order valence-electron chi connectivity index (χ2n) is 6.68. The van der Waals surface area contributed by atoms with E-state index in [1.807, 2.05) is 23.1 Å². The van der Waals surface area contributed by atoms with Gasteiger partial charge in [-0.05, 0) is 29.7 Å². The van der Waals surface area contributed by atoms with E-state index in [1.54, 1.807) is 12.1 Å². The van der Waals surface area contributed by atoms with Crippen molar-refractivity contribution in [2.24, 2.45) is 5.73 Å². The number of carboxylic acid groups (broad SMARTS) is 1. The van der Waals surface area contributed by atoms with Crippen molar-refractivity contribution in [3.05, 3.63) is 65.5 Å². The number of nitrogens with zero attached hydrogens (tertiary/aromatic N) is 2. The fraction of sp³-hybridized carbons (Fsp3) is 0.350. The smallest absolute Gasteiger partial charge is 0.320 e. The molecule has 1 saturated heterocycles. The summed E-state index contributed by atoms with van der Waals surface area (Å²) in [5.74, 6) is -1.40. The van der Waals surface area contributed by atoms with Crippen LogP contribution in [0.5, 0.6) is 0 Å². The lowest BCUT2D eigenvalue weighted by Gasteiger charge is -2.36. The van der Waals surface area contributed by atoms with Crippen molar-refractivity contribution in [1.29, 1.82) is 0 Å². The lowest BCUT2D eigenvalue weighted by atomic mass is 10.1. The summed E-state index contributed by atoms with van der Waals surface area (Å²) < 4.78 is 14.5. The first kappa shape index (κ1) is 18.4. The number of carboxylic acids is 1. The number of halogens is 1. The van der Waals surface area contributed by atoms with Gasteiger partial charge in [0.05, 0.1) is 5.69 Å². The third-order valence-corrected chi connectivity index (χ3v) is 4.75. The van der Waals surface area contributed by atoms with Gasteiger partial charge in [0.2, 0.25) is 0 Å². The van der Waals surface area contributed by atoms with Crippen LogP contribution in [0.25, 0.3) is 0 Å². The van der Waals surface area contributed by atoms with Gasteiger partial charge in [-0.3, -0.25) is 9.69 Å². The zero-order valence-electron chi connectivity index (χ0n) is 14.6. The highest BCUT2D eigenvalue weighted by Crippen LogP contribution is 2.23. The number of hydrogen-bond donors (Lipinski definition) is 2. The monoisotopic (exact) mass is 357 g/mol. The van der Waals surface area contributed by atoms with Gasteiger partial charge in [-0.2, -0.15) is 0 Å². The summed E-state index contributed by atoms with van der Waals surface area (Å²) in [6.07, 6.45) is 0.122. The number of piperazine rings is 1. The Morgan fingerprint density at radius 3 is 2.38 bits per heavy atom. The van der Waals surface area contributed by atoms with Gasteiger partial charge in [0, 0.05) is 32.7 Å². The summed E-state index contributed by atoms with van der Waals surface area (Å²) in [5, 5.41) is 8.87. The summed E-state index contributed by atoms with van der Waals surface area (Å²) in [6, 6.07) is 14.2. The van der Waals surface area contributed by atoms with Crippen molar-refractivity contribution >= 4 is 11.7 Å². The Morgan fingerprint density at radius 2 is 1.77 bits per heavy atom. The van der Waals surface area contributed by atoms with Crippen molar-refractivity contribution in [1.82, 2.24) is 4.90 Å². The molecule has 0 aliphatic carbocycles. The van der Waals surface area contributed by atoms with Crippen molar-refractivity contribution in [3.8, 4) is 0 Å². The summed E-state index contributed by atoms with van der Waals surface area (Å²) in [7, 11) is 0. The number of rotatable bonds is 6. The molecule has 6 heteroatoms. The molecule has 26 heavy (non-hydrogen) atoms. The minimum absolute atomic E-state index is 0.122. The molecule has 1 heterocycles. The number of anilines is 1. The number of carbonyl (C=O) groups is 1. The second kappa shape index (κ2) is 8.29. The van der Waals surface area contributed by atoms with Crippen LogP contribution >= 0.6 is 0 Å². The van der Waals surface area contributed by atoms with Crippen LogP contribution in [0.4, 0.5) is 10.1 Å². The van der Waals surface area contributed by atoms with Crippen molar-refractivity contribution in [2.75, 3.05) is 31.1 Å². The Labute approximate surface area is 152 Å². The molecule has 0 saturated carbocycles. The highest BCUT2D eigenvalue weighted by atomic mass is 19.1. The van der Waals surface area contributed by atoms with Gasteiger partial charge in [-0.25, -0.2) is 4.39 Å². The van der Waals surface area contributed by atoms with E-state index in [9.17, 15) is 9.18 Å². The Morgan fingerprint density at radius 1 is 1.08 bits per heavy atom. The number of nitrogens with two attached hydrogens (primary N) is 1. The lowest BCUT2D eigenvalue weighted by Crippen LogP contribution is -2.46. The molecule has 1 aliphatic heterocycles. The molecule has 1 atom stereocenters. The van der Waals surface area contributed by atoms with Crippen molar-refractivity contribution < 1.29 is 14.3 Å². The Kier molecular flexibility index (Phi) is 5.85. The highest BCUT2D eigenvalue weighted by Gasteiger charge is 2.20. The molecule has 0 aromatic heterocycles. The first-order chi connectivity index (χ1) is 12.5. The van der Waals surface area contributed by atoms with Crippen LogP contribution in [-0.2, 0) is 17.8 Å². The van der Waals surface area contributed by atoms with E-state index in [4.69, 9.17) is 10.8 Å². The summed E-state index contributed by atoms with van der Waals surface area (Å²) in [5.41, 5.74) is 7.97. The zero-order valence-corrected chi connectivity index (χ0v) is 14.6. The van der Waals surface area contributed by atoms with Crippen molar-refractivity contribution in [3.63, 3.8) is 0 Å². The largest absolute Gasteiger partial charge is 0.480 e. The predicted octanol–water partition coefficient (Wildman–Crippen LogP) is 2.10. The predicted molar refractivity (Wildman–Crippen MR) is 99.6 cm³/mol. The minimum Gasteiger partial charge on any atom is -0.480 e. The molecule has 0 spiro atoms. The molecule has 1 unspecified atom stereocenters. The lowest BCUT2D eigenvalue weighted by molar-refractivity contribution is -0.138. The molecule has 3 N–H and O–H groups in total. The van der Waals surface area contributed by atoms with Gasteiger partial charge >= 0.3 is 5.97 Å². The third-order valence-electron chi connectivity index (χ3n) is 4.75. The van der Waals surface area contributed by atoms with Crippen LogP contribution in [0, 0.1) is 5.82 Å². The van der Waals surface area contributed by atoms with Crippen molar-refractivity contribution in [2.45, 2.75) is 19.0 Å². The van der Waals surface area contributed by atoms with E-state index in [0.717, 1.165) is 32.7 Å². The molecular weight excluding hydrogens is 333 g/mol. The van der Waals surface area contributed by atoms with Gasteiger partial charge in [0.1, 0.15) is 11.9 Å². The number of benzene rings is 2. The van der Waals surface area contributed by atoms with Crippen LogP contribution in [0.1, 0.15) is 11.1 Å². The Hall–Kier alpha value is -2.44. The molecule has 5 nitrogen and oxygen atoms in total. The fourth-order valence-corrected chi connectivity index (χ4v) is 3.26. The number of hydrogen-bond acceptors (Lipinski definition) is 4. The maximum Gasteiger partial charge on any atom is 0.320 e. The van der Waals surface area contributed by atoms with Crippen LogP contribution in [-0.4, -0.2) is 48.2 Å². The quantitative estimate of drug-likeness (QED) is 0.829. The highest BCUT2D eigenvalue weighted by molar-refractivity contribution is 5.73. The second-order valence-corrected chi connectivity index (χ2v) is 6.68. The average molecular weight is 357 g/mol. The zero-order chi connectivity index (χ0) is 18.5. The van der Waals surface area contributed by atoms with Gasteiger partial charge in [0.15, 0.2) is 0 Å². The molecular formula is C20H24FN3O2. The molecule has 1 aliphatic rings. The Balaban J connectivity index is 1.58. The average Bonchev–Trinajstić information content (AvgIpc) is 2.63. The fourth-order valence-electron chi connectivity index (χ4n) is 3.26. The summed E-state index contributed by atoms with van der Waals surface area (Å²) in [4.78, 5) is 15.2. The third kappa shape index (κ3) is 4.59. The van der Waals surface area contributed by atoms with E-state index in [2.05, 4.69) is 17.0 Å². The van der Waals surface area contributed by atoms with Gasteiger partial charge in [-0.1, -0.05) is 36.4 Å². The van der Waals surface area contributed by atoms with Crippen LogP contribution < -0.4 is 10.6 Å². The van der Waals surface area contributed by atoms with E-state index in [0.29, 0.717) is 11.3 Å². The molecule has 0 amide bonds. The topological polar surface area (TPSA) is 69.8 Å². The first-order valence-electron chi connectivity index (χ1n) is 8.81. The van der Waals surface area contributed by atoms with Crippen LogP contribution in [0.2, 0.25) is 0 Å². The molecule has 2 aromatic rings. The first-order valence-corrected chi connectivity index (χ1v) is 8.81. The van der Waals surface area contributed by atoms with Crippen LogP contribution in [0.3, 0.4) is 0 Å². The van der Waals surface area contributed by atoms with E-state index >= 15 is 0 Å².